The fourth-order valence-corrected chi connectivity index (χ4v) is 5.54. The first-order valence-corrected chi connectivity index (χ1v) is 12.8. The van der Waals surface area contributed by atoms with Crippen molar-refractivity contribution >= 4 is 40.2 Å². The Morgan fingerprint density at radius 2 is 1.92 bits per heavy atom. The number of benzene rings is 2. The predicted molar refractivity (Wildman–Crippen MR) is 141 cm³/mol. The van der Waals surface area contributed by atoms with Gasteiger partial charge in [0.25, 0.3) is 5.91 Å². The molecule has 0 saturated heterocycles. The highest BCUT2D eigenvalue weighted by Crippen LogP contribution is 2.40. The number of rotatable bonds is 6. The van der Waals surface area contributed by atoms with Crippen molar-refractivity contribution in [3.8, 4) is 0 Å². The minimum Gasteiger partial charge on any atom is -0.435 e. The number of nitrogens with one attached hydrogen (secondary N) is 4. The van der Waals surface area contributed by atoms with Crippen molar-refractivity contribution in [1.82, 2.24) is 15.7 Å². The Labute approximate surface area is 219 Å². The van der Waals surface area contributed by atoms with Gasteiger partial charge in [-0.3, -0.25) is 9.59 Å². The average Bonchev–Trinajstić information content (AvgIpc) is 3.32. The second-order valence-electron chi connectivity index (χ2n) is 10.1. The molecule has 1 aliphatic carbocycles. The van der Waals surface area contributed by atoms with Crippen LogP contribution in [0.4, 0.5) is 14.9 Å². The second-order valence-corrected chi connectivity index (χ2v) is 10.1. The highest BCUT2D eigenvalue weighted by Gasteiger charge is 2.46. The number of amides is 3. The second kappa shape index (κ2) is 10.3. The molecule has 3 amide bonds. The number of anilines is 1. The van der Waals surface area contributed by atoms with E-state index in [9.17, 15) is 18.8 Å². The maximum absolute atomic E-state index is 13.5. The molecule has 2 aromatic carbocycles. The molecule has 0 radical (unpaired) electrons. The molecule has 5 rings (SSSR count). The van der Waals surface area contributed by atoms with Crippen molar-refractivity contribution in [3.05, 3.63) is 65.6 Å². The number of fused-ring (bicyclic) bond motifs is 1. The van der Waals surface area contributed by atoms with Crippen LogP contribution in [0.25, 0.3) is 10.9 Å². The van der Waals surface area contributed by atoms with E-state index < -0.39 is 11.7 Å². The van der Waals surface area contributed by atoms with Gasteiger partial charge in [0.05, 0.1) is 5.69 Å². The van der Waals surface area contributed by atoms with Crippen molar-refractivity contribution in [2.45, 2.75) is 57.6 Å². The number of carbonyl (C=O) groups is 3. The van der Waals surface area contributed by atoms with Gasteiger partial charge in [0.2, 0.25) is 5.91 Å². The first-order valence-electron chi connectivity index (χ1n) is 12.8. The largest absolute Gasteiger partial charge is 0.435 e. The molecular formula is C28H30FN5O4. The third-order valence-electron chi connectivity index (χ3n) is 7.29. The van der Waals surface area contributed by atoms with E-state index in [1.165, 1.54) is 19.1 Å². The van der Waals surface area contributed by atoms with Crippen LogP contribution in [0.3, 0.4) is 0 Å². The van der Waals surface area contributed by atoms with Gasteiger partial charge in [-0.05, 0) is 75.3 Å². The summed E-state index contributed by atoms with van der Waals surface area (Å²) in [5.41, 5.74) is 4.69. The molecule has 3 aromatic rings. The number of ether oxygens (including phenoxy) is 1. The lowest BCUT2D eigenvalue weighted by molar-refractivity contribution is -0.114. The van der Waals surface area contributed by atoms with Crippen LogP contribution < -0.4 is 16.1 Å². The molecule has 1 spiro atoms. The lowest BCUT2D eigenvalue weighted by atomic mass is 9.73. The maximum atomic E-state index is 13.5. The first kappa shape index (κ1) is 25.4. The summed E-state index contributed by atoms with van der Waals surface area (Å²) in [6.45, 7) is 3.42. The van der Waals surface area contributed by atoms with Crippen LogP contribution in [0, 0.1) is 11.7 Å². The Morgan fingerprint density at radius 3 is 2.63 bits per heavy atom. The molecular weight excluding hydrogens is 489 g/mol. The molecule has 10 heteroatoms. The van der Waals surface area contributed by atoms with Crippen molar-refractivity contribution < 1.29 is 23.5 Å². The summed E-state index contributed by atoms with van der Waals surface area (Å²) >= 11 is 0. The van der Waals surface area contributed by atoms with Crippen molar-refractivity contribution in [2.75, 3.05) is 5.32 Å². The number of hydrogen-bond acceptors (Lipinski definition) is 5. The van der Waals surface area contributed by atoms with E-state index in [1.54, 1.807) is 24.3 Å². The Kier molecular flexibility index (Phi) is 6.88. The molecule has 198 valence electrons. The predicted octanol–water partition coefficient (Wildman–Crippen LogP) is 4.85. The van der Waals surface area contributed by atoms with E-state index >= 15 is 0 Å². The lowest BCUT2D eigenvalue weighted by Gasteiger charge is -2.42. The van der Waals surface area contributed by atoms with Crippen LogP contribution in [-0.4, -0.2) is 40.2 Å². The smallest absolute Gasteiger partial charge is 0.428 e. The molecule has 1 aliphatic heterocycles. The van der Waals surface area contributed by atoms with Crippen molar-refractivity contribution in [3.63, 3.8) is 0 Å². The summed E-state index contributed by atoms with van der Waals surface area (Å²) in [6, 6.07) is 13.2. The van der Waals surface area contributed by atoms with E-state index in [0.29, 0.717) is 41.4 Å². The minimum atomic E-state index is -0.848. The lowest BCUT2D eigenvalue weighted by Crippen LogP contribution is -2.52. The Morgan fingerprint density at radius 1 is 1.18 bits per heavy atom. The molecule has 2 aliphatic rings. The number of hydrogen-bond donors (Lipinski definition) is 4. The molecule has 38 heavy (non-hydrogen) atoms. The molecule has 1 atom stereocenters. The van der Waals surface area contributed by atoms with Crippen LogP contribution in [0.15, 0.2) is 53.6 Å². The zero-order chi connectivity index (χ0) is 26.9. The summed E-state index contributed by atoms with van der Waals surface area (Å²) in [5.74, 6) is -0.409. The van der Waals surface area contributed by atoms with Crippen LogP contribution in [0.5, 0.6) is 0 Å². The van der Waals surface area contributed by atoms with E-state index in [1.807, 2.05) is 19.1 Å². The standard InChI is InChI=1S/C28H30FN5O4/c1-16(30-26(36)24-15-21-22(31-17(2)35)4-3-5-23(21)32-24)14-18-10-12-28(13-11-18)25(33-34-27(37)38-28)19-6-8-20(29)9-7-19/h3-9,15-16,18,32H,10-14H2,1-2H3,(H,30,36)(H,31,35)(H,34,37)/t16-,18?,28?/m0/s1. The zero-order valence-electron chi connectivity index (χ0n) is 21.3. The molecule has 1 fully saturated rings. The topological polar surface area (TPSA) is 125 Å². The third kappa shape index (κ3) is 5.25. The number of carbonyl (C=O) groups excluding carboxylic acids is 3. The summed E-state index contributed by atoms with van der Waals surface area (Å²) in [7, 11) is 0. The minimum absolute atomic E-state index is 0.0800. The molecule has 0 unspecified atom stereocenters. The third-order valence-corrected chi connectivity index (χ3v) is 7.29. The number of nitrogens with zero attached hydrogens (tertiary/aromatic N) is 1. The van der Waals surface area contributed by atoms with Gasteiger partial charge in [-0.2, -0.15) is 5.10 Å². The van der Waals surface area contributed by atoms with E-state index in [-0.39, 0.29) is 23.7 Å². The van der Waals surface area contributed by atoms with Crippen LogP contribution in [0.2, 0.25) is 0 Å². The first-order chi connectivity index (χ1) is 18.2. The Balaban J connectivity index is 1.21. The van der Waals surface area contributed by atoms with Gasteiger partial charge in [0, 0.05) is 29.4 Å². The molecule has 2 heterocycles. The normalized spacial score (nSPS) is 21.8. The van der Waals surface area contributed by atoms with Gasteiger partial charge in [0.15, 0.2) is 5.60 Å². The SMILES string of the molecule is CC(=O)Nc1cccc2[nH]c(C(=O)N[C@@H](C)CC3CCC4(CC3)OC(=O)NN=C4c3ccc(F)cc3)cc12. The van der Waals surface area contributed by atoms with Gasteiger partial charge in [-0.15, -0.1) is 0 Å². The number of aromatic nitrogens is 1. The molecule has 4 N–H and O–H groups in total. The van der Waals surface area contributed by atoms with Crippen molar-refractivity contribution in [1.29, 1.82) is 0 Å². The molecule has 9 nitrogen and oxygen atoms in total. The summed E-state index contributed by atoms with van der Waals surface area (Å²) in [6.07, 6.45) is 2.95. The van der Waals surface area contributed by atoms with Gasteiger partial charge in [-0.25, -0.2) is 14.6 Å². The quantitative estimate of drug-likeness (QED) is 0.372. The highest BCUT2D eigenvalue weighted by atomic mass is 19.1. The van der Waals surface area contributed by atoms with Crippen LogP contribution in [-0.2, 0) is 9.53 Å². The number of hydrazone groups is 1. The average molecular weight is 520 g/mol. The summed E-state index contributed by atoms with van der Waals surface area (Å²) < 4.78 is 19.2. The molecule has 1 saturated carbocycles. The monoisotopic (exact) mass is 519 g/mol. The van der Waals surface area contributed by atoms with Crippen molar-refractivity contribution in [2.24, 2.45) is 11.0 Å². The summed E-state index contributed by atoms with van der Waals surface area (Å²) in [4.78, 5) is 39.6. The van der Waals surface area contributed by atoms with Gasteiger partial charge >= 0.3 is 6.09 Å². The fraction of sp³-hybridized carbons (Fsp3) is 0.357. The Hall–Kier alpha value is -4.21. The Bertz CT molecular complexity index is 1410. The van der Waals surface area contributed by atoms with E-state index in [0.717, 1.165) is 30.2 Å². The number of aromatic amines is 1. The van der Waals surface area contributed by atoms with Gasteiger partial charge < -0.3 is 20.4 Å². The summed E-state index contributed by atoms with van der Waals surface area (Å²) in [5, 5.41) is 10.9. The van der Waals surface area contributed by atoms with Gasteiger partial charge in [-0.1, -0.05) is 18.2 Å². The highest BCUT2D eigenvalue weighted by molar-refractivity contribution is 6.09. The van der Waals surface area contributed by atoms with E-state index in [4.69, 9.17) is 4.74 Å². The number of halogens is 1. The number of H-pyrrole nitrogens is 1. The molecule has 0 bridgehead atoms. The molecule has 1 aromatic heterocycles. The van der Waals surface area contributed by atoms with E-state index in [2.05, 4.69) is 26.1 Å². The van der Waals surface area contributed by atoms with Crippen LogP contribution in [0.1, 0.15) is 62.0 Å². The zero-order valence-corrected chi connectivity index (χ0v) is 21.3. The van der Waals surface area contributed by atoms with Gasteiger partial charge in [0.1, 0.15) is 17.2 Å². The van der Waals surface area contributed by atoms with Crippen LogP contribution >= 0.6 is 0 Å². The fourth-order valence-electron chi connectivity index (χ4n) is 5.54. The maximum Gasteiger partial charge on any atom is 0.428 e.